The molecule has 0 aromatic heterocycles. The lowest BCUT2D eigenvalue weighted by Crippen LogP contribution is -2.34. The van der Waals surface area contributed by atoms with Crippen LogP contribution < -0.4 is 25.4 Å². The molecule has 3 N–H and O–H groups in total. The molecule has 35 heavy (non-hydrogen) atoms. The van der Waals surface area contributed by atoms with Crippen molar-refractivity contribution in [2.45, 2.75) is 26.2 Å². The number of anilines is 2. The molecular formula is C27H29N3O4S. The van der Waals surface area contributed by atoms with Crippen molar-refractivity contribution in [1.29, 1.82) is 0 Å². The minimum atomic E-state index is -0.414. The Morgan fingerprint density at radius 2 is 1.37 bits per heavy atom. The summed E-state index contributed by atoms with van der Waals surface area (Å²) in [4.78, 5) is 25.2. The molecule has 3 aromatic carbocycles. The second-order valence-electron chi connectivity index (χ2n) is 8.83. The van der Waals surface area contributed by atoms with Gasteiger partial charge in [0.05, 0.1) is 19.8 Å². The molecule has 8 heteroatoms. The molecule has 0 atom stereocenters. The number of carbonyl (C=O) groups is 2. The fourth-order valence-electron chi connectivity index (χ4n) is 3.28. The van der Waals surface area contributed by atoms with Crippen molar-refractivity contribution in [2.24, 2.45) is 0 Å². The largest absolute Gasteiger partial charge is 0.497 e. The number of hydrogen-bond acceptors (Lipinski definition) is 5. The van der Waals surface area contributed by atoms with E-state index in [2.05, 4.69) is 36.7 Å². The SMILES string of the molecule is COc1ccc(C(=O)NC(=S)Nc2ccc(NC(=O)c3ccc(C(C)(C)C)cc3)cc2)c(OC)c1. The van der Waals surface area contributed by atoms with Crippen molar-refractivity contribution < 1.29 is 19.1 Å². The number of ether oxygens (including phenoxy) is 2. The van der Waals surface area contributed by atoms with Crippen molar-refractivity contribution in [3.63, 3.8) is 0 Å². The molecule has 0 aliphatic carbocycles. The number of hydrogen-bond donors (Lipinski definition) is 3. The van der Waals surface area contributed by atoms with Gasteiger partial charge in [0, 0.05) is 23.0 Å². The highest BCUT2D eigenvalue weighted by Crippen LogP contribution is 2.25. The Morgan fingerprint density at radius 1 is 0.771 bits per heavy atom. The third-order valence-electron chi connectivity index (χ3n) is 5.29. The lowest BCUT2D eigenvalue weighted by atomic mass is 9.87. The molecule has 182 valence electrons. The van der Waals surface area contributed by atoms with E-state index in [0.717, 1.165) is 5.56 Å². The van der Waals surface area contributed by atoms with Gasteiger partial charge in [-0.15, -0.1) is 0 Å². The summed E-state index contributed by atoms with van der Waals surface area (Å²) in [5.41, 5.74) is 3.39. The highest BCUT2D eigenvalue weighted by molar-refractivity contribution is 7.80. The minimum Gasteiger partial charge on any atom is -0.497 e. The van der Waals surface area contributed by atoms with Gasteiger partial charge in [-0.1, -0.05) is 32.9 Å². The Morgan fingerprint density at radius 3 is 1.91 bits per heavy atom. The minimum absolute atomic E-state index is 0.0264. The maximum atomic E-state index is 12.6. The quantitative estimate of drug-likeness (QED) is 0.401. The van der Waals surface area contributed by atoms with Gasteiger partial charge in [-0.25, -0.2) is 0 Å². The van der Waals surface area contributed by atoms with Crippen LogP contribution in [-0.2, 0) is 5.41 Å². The lowest BCUT2D eigenvalue weighted by molar-refractivity contribution is 0.0973. The summed E-state index contributed by atoms with van der Waals surface area (Å²) >= 11 is 5.27. The van der Waals surface area contributed by atoms with Crippen LogP contribution in [0.25, 0.3) is 0 Å². The van der Waals surface area contributed by atoms with Gasteiger partial charge in [0.2, 0.25) is 0 Å². The van der Waals surface area contributed by atoms with Crippen molar-refractivity contribution in [3.05, 3.63) is 83.4 Å². The second kappa shape index (κ2) is 11.0. The number of nitrogens with one attached hydrogen (secondary N) is 3. The molecule has 0 aliphatic heterocycles. The summed E-state index contributed by atoms with van der Waals surface area (Å²) in [6.45, 7) is 6.39. The zero-order chi connectivity index (χ0) is 25.6. The maximum Gasteiger partial charge on any atom is 0.261 e. The number of benzene rings is 3. The highest BCUT2D eigenvalue weighted by Gasteiger charge is 2.16. The third kappa shape index (κ3) is 6.80. The average molecular weight is 492 g/mol. The topological polar surface area (TPSA) is 88.7 Å². The first-order valence-electron chi connectivity index (χ1n) is 11.0. The zero-order valence-electron chi connectivity index (χ0n) is 20.4. The van der Waals surface area contributed by atoms with Gasteiger partial charge in [-0.05, 0) is 71.7 Å². The lowest BCUT2D eigenvalue weighted by Gasteiger charge is -2.19. The smallest absolute Gasteiger partial charge is 0.261 e. The van der Waals surface area contributed by atoms with Crippen LogP contribution in [0.4, 0.5) is 11.4 Å². The number of amides is 2. The summed E-state index contributed by atoms with van der Waals surface area (Å²) in [5, 5.41) is 8.60. The van der Waals surface area contributed by atoms with Crippen LogP contribution in [0.2, 0.25) is 0 Å². The molecule has 7 nitrogen and oxygen atoms in total. The van der Waals surface area contributed by atoms with Gasteiger partial charge in [-0.2, -0.15) is 0 Å². The normalized spacial score (nSPS) is 10.8. The van der Waals surface area contributed by atoms with Gasteiger partial charge in [-0.3, -0.25) is 14.9 Å². The molecule has 0 fully saturated rings. The summed E-state index contributed by atoms with van der Waals surface area (Å²) < 4.78 is 10.4. The monoisotopic (exact) mass is 491 g/mol. The van der Waals surface area contributed by atoms with E-state index < -0.39 is 5.91 Å². The van der Waals surface area contributed by atoms with Crippen LogP contribution in [0.1, 0.15) is 47.1 Å². The average Bonchev–Trinajstić information content (AvgIpc) is 2.84. The molecule has 3 rings (SSSR count). The van der Waals surface area contributed by atoms with Crippen LogP contribution in [-0.4, -0.2) is 31.1 Å². The van der Waals surface area contributed by atoms with E-state index in [1.54, 1.807) is 42.5 Å². The Balaban J connectivity index is 1.57. The van der Waals surface area contributed by atoms with E-state index in [0.29, 0.717) is 34.0 Å². The summed E-state index contributed by atoms with van der Waals surface area (Å²) in [6, 6.07) is 19.5. The molecular weight excluding hydrogens is 462 g/mol. The number of thiocarbonyl (C=S) groups is 1. The predicted molar refractivity (Wildman–Crippen MR) is 143 cm³/mol. The Labute approximate surface area is 210 Å². The molecule has 0 unspecified atom stereocenters. The first kappa shape index (κ1) is 25.7. The van der Waals surface area contributed by atoms with Gasteiger partial charge < -0.3 is 20.1 Å². The van der Waals surface area contributed by atoms with E-state index in [-0.39, 0.29) is 16.4 Å². The first-order valence-corrected chi connectivity index (χ1v) is 11.4. The van der Waals surface area contributed by atoms with E-state index in [1.165, 1.54) is 14.2 Å². The predicted octanol–water partition coefficient (Wildman–Crippen LogP) is 5.38. The second-order valence-corrected chi connectivity index (χ2v) is 9.24. The molecule has 0 spiro atoms. The molecule has 0 saturated carbocycles. The van der Waals surface area contributed by atoms with Crippen LogP contribution >= 0.6 is 12.2 Å². The van der Waals surface area contributed by atoms with Crippen molar-refractivity contribution in [3.8, 4) is 11.5 Å². The Hall–Kier alpha value is -3.91. The number of carbonyl (C=O) groups excluding carboxylic acids is 2. The maximum absolute atomic E-state index is 12.6. The summed E-state index contributed by atoms with van der Waals surface area (Å²) in [7, 11) is 3.01. The molecule has 0 heterocycles. The van der Waals surface area contributed by atoms with Crippen LogP contribution in [0.3, 0.4) is 0 Å². The van der Waals surface area contributed by atoms with Gasteiger partial charge in [0.1, 0.15) is 11.5 Å². The van der Waals surface area contributed by atoms with Crippen LogP contribution in [0.15, 0.2) is 66.7 Å². The van der Waals surface area contributed by atoms with Crippen LogP contribution in [0.5, 0.6) is 11.5 Å². The van der Waals surface area contributed by atoms with Gasteiger partial charge in [0.15, 0.2) is 5.11 Å². The standard InChI is InChI=1S/C27H29N3O4S/c1-27(2,3)18-8-6-17(7-9-18)24(31)28-19-10-12-20(13-11-19)29-26(35)30-25(32)22-15-14-21(33-4)16-23(22)34-5/h6-16H,1-5H3,(H,28,31)(H2,29,30,32,35). The molecule has 0 saturated heterocycles. The number of methoxy groups -OCH3 is 2. The molecule has 3 aromatic rings. The van der Waals surface area contributed by atoms with Gasteiger partial charge in [0.25, 0.3) is 11.8 Å². The van der Waals surface area contributed by atoms with Crippen molar-refractivity contribution >= 4 is 40.5 Å². The summed E-state index contributed by atoms with van der Waals surface area (Å²) in [5.74, 6) is 0.344. The molecule has 0 aliphatic rings. The molecule has 0 bridgehead atoms. The van der Waals surface area contributed by atoms with Crippen molar-refractivity contribution in [2.75, 3.05) is 24.9 Å². The first-order chi connectivity index (χ1) is 16.6. The zero-order valence-corrected chi connectivity index (χ0v) is 21.2. The number of rotatable bonds is 6. The highest BCUT2D eigenvalue weighted by atomic mass is 32.1. The molecule has 0 radical (unpaired) electrons. The van der Waals surface area contributed by atoms with Gasteiger partial charge >= 0.3 is 0 Å². The Bertz CT molecular complexity index is 1220. The van der Waals surface area contributed by atoms with E-state index in [4.69, 9.17) is 21.7 Å². The van der Waals surface area contributed by atoms with E-state index >= 15 is 0 Å². The summed E-state index contributed by atoms with van der Waals surface area (Å²) in [6.07, 6.45) is 0. The third-order valence-corrected chi connectivity index (χ3v) is 5.50. The van der Waals surface area contributed by atoms with E-state index in [9.17, 15) is 9.59 Å². The Kier molecular flexibility index (Phi) is 8.09. The van der Waals surface area contributed by atoms with Crippen LogP contribution in [0, 0.1) is 0 Å². The fourth-order valence-corrected chi connectivity index (χ4v) is 3.49. The van der Waals surface area contributed by atoms with Crippen molar-refractivity contribution in [1.82, 2.24) is 5.32 Å². The fraction of sp³-hybridized carbons (Fsp3) is 0.222. The molecule has 2 amide bonds. The van der Waals surface area contributed by atoms with E-state index in [1.807, 2.05) is 24.3 Å².